The molecule has 1 aliphatic heterocycles. The van der Waals surface area contributed by atoms with Gasteiger partial charge in [-0.25, -0.2) is 0 Å². The van der Waals surface area contributed by atoms with Gasteiger partial charge < -0.3 is 15.4 Å². The van der Waals surface area contributed by atoms with Crippen molar-refractivity contribution in [3.8, 4) is 0 Å². The molecule has 2 N–H and O–H groups in total. The zero-order valence-electron chi connectivity index (χ0n) is 13.5. The van der Waals surface area contributed by atoms with Gasteiger partial charge in [0.25, 0.3) is 0 Å². The van der Waals surface area contributed by atoms with Gasteiger partial charge in [0.05, 0.1) is 19.1 Å². The Labute approximate surface area is 133 Å². The smallest absolute Gasteiger partial charge is 0.222 e. The van der Waals surface area contributed by atoms with E-state index in [4.69, 9.17) is 4.74 Å². The molecule has 1 saturated heterocycles. The summed E-state index contributed by atoms with van der Waals surface area (Å²) >= 11 is 0. The van der Waals surface area contributed by atoms with Gasteiger partial charge in [0.1, 0.15) is 0 Å². The lowest BCUT2D eigenvalue weighted by Crippen LogP contribution is -2.45. The maximum absolute atomic E-state index is 12.0. The molecule has 0 radical (unpaired) electrons. The summed E-state index contributed by atoms with van der Waals surface area (Å²) in [7, 11) is 1.89. The normalized spacial score (nSPS) is 20.5. The molecule has 5 heteroatoms. The van der Waals surface area contributed by atoms with E-state index in [-0.39, 0.29) is 18.1 Å². The third-order valence-corrected chi connectivity index (χ3v) is 3.98. The van der Waals surface area contributed by atoms with Gasteiger partial charge >= 0.3 is 0 Å². The Morgan fingerprint density at radius 3 is 2.91 bits per heavy atom. The number of morpholine rings is 1. The molecule has 122 valence electrons. The number of carbonyl (C=O) groups excluding carboxylic acids is 1. The van der Waals surface area contributed by atoms with Gasteiger partial charge in [-0.15, -0.1) is 0 Å². The molecule has 0 spiro atoms. The van der Waals surface area contributed by atoms with Crippen molar-refractivity contribution in [2.75, 3.05) is 33.3 Å². The molecule has 2 unspecified atom stereocenters. The summed E-state index contributed by atoms with van der Waals surface area (Å²) in [4.78, 5) is 14.3. The highest BCUT2D eigenvalue weighted by Crippen LogP contribution is 2.12. The van der Waals surface area contributed by atoms with Gasteiger partial charge in [-0.2, -0.15) is 0 Å². The predicted octanol–water partition coefficient (Wildman–Crippen LogP) is 1.00. The maximum atomic E-state index is 12.0. The van der Waals surface area contributed by atoms with Crippen LogP contribution in [0.3, 0.4) is 0 Å². The standard InChI is InChI=1S/C17H27N3O2/c1-14(18-2)11-19-17(21)10-16-13-20(8-9-22-16)12-15-6-4-3-5-7-15/h3-7,14,16,18H,8-13H2,1-2H3,(H,19,21). The van der Waals surface area contributed by atoms with Crippen molar-refractivity contribution >= 4 is 5.91 Å². The summed E-state index contributed by atoms with van der Waals surface area (Å²) in [6, 6.07) is 10.7. The molecule has 1 amide bonds. The van der Waals surface area contributed by atoms with E-state index in [9.17, 15) is 4.79 Å². The van der Waals surface area contributed by atoms with Crippen molar-refractivity contribution in [3.63, 3.8) is 0 Å². The molecule has 5 nitrogen and oxygen atoms in total. The summed E-state index contributed by atoms with van der Waals surface area (Å²) in [5.41, 5.74) is 1.30. The number of benzene rings is 1. The minimum Gasteiger partial charge on any atom is -0.375 e. The molecule has 2 rings (SSSR count). The summed E-state index contributed by atoms with van der Waals surface area (Å²) in [5, 5.41) is 6.05. The fourth-order valence-electron chi connectivity index (χ4n) is 2.54. The molecule has 1 aromatic carbocycles. The lowest BCUT2D eigenvalue weighted by atomic mass is 10.1. The molecule has 1 aromatic rings. The summed E-state index contributed by atoms with van der Waals surface area (Å²) in [6.45, 7) is 6.03. The van der Waals surface area contributed by atoms with E-state index in [1.54, 1.807) is 0 Å². The van der Waals surface area contributed by atoms with E-state index >= 15 is 0 Å². The third kappa shape index (κ3) is 5.75. The zero-order chi connectivity index (χ0) is 15.8. The number of hydrogen-bond acceptors (Lipinski definition) is 4. The zero-order valence-corrected chi connectivity index (χ0v) is 13.5. The fraction of sp³-hybridized carbons (Fsp3) is 0.588. The molecule has 0 aliphatic carbocycles. The second-order valence-corrected chi connectivity index (χ2v) is 5.91. The van der Waals surface area contributed by atoms with Crippen LogP contribution in [0.5, 0.6) is 0 Å². The minimum absolute atomic E-state index is 0.0117. The van der Waals surface area contributed by atoms with Gasteiger partial charge in [-0.3, -0.25) is 9.69 Å². The molecule has 0 saturated carbocycles. The number of nitrogens with one attached hydrogen (secondary N) is 2. The summed E-state index contributed by atoms with van der Waals surface area (Å²) in [5.74, 6) is 0.0636. The van der Waals surface area contributed by atoms with Crippen LogP contribution < -0.4 is 10.6 Å². The molecule has 22 heavy (non-hydrogen) atoms. The SMILES string of the molecule is CNC(C)CNC(=O)CC1CN(Cc2ccccc2)CCO1. The second kappa shape index (κ2) is 8.88. The van der Waals surface area contributed by atoms with Crippen molar-refractivity contribution in [2.24, 2.45) is 0 Å². The molecule has 1 heterocycles. The number of carbonyl (C=O) groups is 1. The number of likely N-dealkylation sites (N-methyl/N-ethyl adjacent to an activating group) is 1. The van der Waals surface area contributed by atoms with Crippen molar-refractivity contribution in [3.05, 3.63) is 35.9 Å². The lowest BCUT2D eigenvalue weighted by molar-refractivity contribution is -0.126. The Morgan fingerprint density at radius 1 is 1.41 bits per heavy atom. The first-order valence-electron chi connectivity index (χ1n) is 7.99. The van der Waals surface area contributed by atoms with Crippen LogP contribution in [0.15, 0.2) is 30.3 Å². The number of amides is 1. The van der Waals surface area contributed by atoms with Gasteiger partial charge in [0.2, 0.25) is 5.91 Å². The molecule has 1 aliphatic rings. The summed E-state index contributed by atoms with van der Waals surface area (Å²) < 4.78 is 5.73. The third-order valence-electron chi connectivity index (χ3n) is 3.98. The van der Waals surface area contributed by atoms with Crippen LogP contribution in [0.25, 0.3) is 0 Å². The van der Waals surface area contributed by atoms with E-state index in [0.717, 1.165) is 19.6 Å². The highest BCUT2D eigenvalue weighted by molar-refractivity contribution is 5.76. The van der Waals surface area contributed by atoms with Crippen LogP contribution in [0, 0.1) is 0 Å². The number of rotatable bonds is 7. The molecule has 2 atom stereocenters. The number of ether oxygens (including phenoxy) is 1. The fourth-order valence-corrected chi connectivity index (χ4v) is 2.54. The van der Waals surface area contributed by atoms with Gasteiger partial charge in [-0.05, 0) is 19.5 Å². The van der Waals surface area contributed by atoms with E-state index in [1.807, 2.05) is 20.0 Å². The van der Waals surface area contributed by atoms with Crippen LogP contribution in [0.4, 0.5) is 0 Å². The Kier molecular flexibility index (Phi) is 6.83. The van der Waals surface area contributed by atoms with Gasteiger partial charge in [0.15, 0.2) is 0 Å². The van der Waals surface area contributed by atoms with Gasteiger partial charge in [0, 0.05) is 32.2 Å². The van der Waals surface area contributed by atoms with E-state index in [0.29, 0.717) is 19.6 Å². The predicted molar refractivity (Wildman–Crippen MR) is 87.6 cm³/mol. The highest BCUT2D eigenvalue weighted by Gasteiger charge is 2.22. The first-order valence-corrected chi connectivity index (χ1v) is 7.99. The Bertz CT molecular complexity index is 452. The number of nitrogens with zero attached hydrogens (tertiary/aromatic N) is 1. The first-order chi connectivity index (χ1) is 10.7. The Hall–Kier alpha value is -1.43. The van der Waals surface area contributed by atoms with Crippen LogP contribution in [0.1, 0.15) is 18.9 Å². The van der Waals surface area contributed by atoms with Crippen LogP contribution in [-0.2, 0) is 16.1 Å². The van der Waals surface area contributed by atoms with Crippen molar-refractivity contribution < 1.29 is 9.53 Å². The van der Waals surface area contributed by atoms with Crippen LogP contribution in [0.2, 0.25) is 0 Å². The average Bonchev–Trinajstić information content (AvgIpc) is 2.54. The quantitative estimate of drug-likeness (QED) is 0.789. The highest BCUT2D eigenvalue weighted by atomic mass is 16.5. The minimum atomic E-state index is -0.0117. The van der Waals surface area contributed by atoms with Crippen molar-refractivity contribution in [1.29, 1.82) is 0 Å². The molecule has 0 aromatic heterocycles. The number of hydrogen-bond donors (Lipinski definition) is 2. The van der Waals surface area contributed by atoms with E-state index in [2.05, 4.69) is 39.8 Å². The largest absolute Gasteiger partial charge is 0.375 e. The van der Waals surface area contributed by atoms with E-state index < -0.39 is 0 Å². The van der Waals surface area contributed by atoms with Crippen molar-refractivity contribution in [1.82, 2.24) is 15.5 Å². The second-order valence-electron chi connectivity index (χ2n) is 5.91. The van der Waals surface area contributed by atoms with Crippen molar-refractivity contribution in [2.45, 2.75) is 32.0 Å². The average molecular weight is 305 g/mol. The van der Waals surface area contributed by atoms with Crippen LogP contribution >= 0.6 is 0 Å². The first kappa shape index (κ1) is 16.9. The van der Waals surface area contributed by atoms with Gasteiger partial charge in [-0.1, -0.05) is 30.3 Å². The molecule has 0 bridgehead atoms. The Morgan fingerprint density at radius 2 is 2.18 bits per heavy atom. The molecular formula is C17H27N3O2. The summed E-state index contributed by atoms with van der Waals surface area (Å²) in [6.07, 6.45) is 0.421. The molecular weight excluding hydrogens is 278 g/mol. The maximum Gasteiger partial charge on any atom is 0.222 e. The van der Waals surface area contributed by atoms with Crippen LogP contribution in [-0.4, -0.2) is 56.2 Å². The Balaban J connectivity index is 1.74. The van der Waals surface area contributed by atoms with E-state index in [1.165, 1.54) is 5.56 Å². The lowest BCUT2D eigenvalue weighted by Gasteiger charge is -2.32. The topological polar surface area (TPSA) is 53.6 Å². The monoisotopic (exact) mass is 305 g/mol. The molecule has 1 fully saturated rings.